The number of hydrogen-bond acceptors (Lipinski definition) is 2. The van der Waals surface area contributed by atoms with Gasteiger partial charge in [0, 0.05) is 6.42 Å². The van der Waals surface area contributed by atoms with Gasteiger partial charge in [-0.05, 0) is 18.1 Å². The maximum atomic E-state index is 12.1. The highest BCUT2D eigenvalue weighted by atomic mass is 19.4. The Bertz CT molecular complexity index is 485. The molecule has 7 heteroatoms. The smallest absolute Gasteiger partial charge is 0.471 e. The summed E-state index contributed by atoms with van der Waals surface area (Å²) in [5.74, 6) is -3.77. The quantitative estimate of drug-likeness (QED) is 0.878. The van der Waals surface area contributed by atoms with Crippen molar-refractivity contribution in [3.63, 3.8) is 0 Å². The van der Waals surface area contributed by atoms with E-state index in [4.69, 9.17) is 5.11 Å². The van der Waals surface area contributed by atoms with E-state index in [1.165, 1.54) is 5.32 Å². The number of aryl methyl sites for hydroxylation is 1. The molecule has 1 aromatic carbocycles. The van der Waals surface area contributed by atoms with Crippen LogP contribution in [0.5, 0.6) is 0 Å². The molecule has 104 valence electrons. The summed E-state index contributed by atoms with van der Waals surface area (Å²) in [5, 5.41) is 10.3. The van der Waals surface area contributed by atoms with Gasteiger partial charge in [0.2, 0.25) is 0 Å². The van der Waals surface area contributed by atoms with Crippen LogP contribution < -0.4 is 5.32 Å². The molecule has 4 nitrogen and oxygen atoms in total. The Morgan fingerprint density at radius 1 is 1.32 bits per heavy atom. The molecule has 1 amide bonds. The topological polar surface area (TPSA) is 66.4 Å². The Morgan fingerprint density at radius 2 is 1.89 bits per heavy atom. The summed E-state index contributed by atoms with van der Waals surface area (Å²) in [4.78, 5) is 21.7. The van der Waals surface area contributed by atoms with Crippen LogP contribution >= 0.6 is 0 Å². The van der Waals surface area contributed by atoms with Crippen LogP contribution in [0.25, 0.3) is 0 Å². The van der Waals surface area contributed by atoms with E-state index in [0.29, 0.717) is 5.56 Å². The Hall–Kier alpha value is -2.05. The fourth-order valence-corrected chi connectivity index (χ4v) is 1.50. The number of carbonyl (C=O) groups excluding carboxylic acids is 1. The van der Waals surface area contributed by atoms with Gasteiger partial charge < -0.3 is 10.4 Å². The number of hydrogen-bond donors (Lipinski definition) is 2. The lowest BCUT2D eigenvalue weighted by atomic mass is 10.0. The number of carboxylic acid groups (broad SMARTS) is 1. The van der Waals surface area contributed by atoms with E-state index in [-0.39, 0.29) is 6.42 Å². The second kappa shape index (κ2) is 5.73. The third-order valence-corrected chi connectivity index (χ3v) is 2.55. The van der Waals surface area contributed by atoms with Crippen molar-refractivity contribution >= 4 is 11.9 Å². The van der Waals surface area contributed by atoms with Gasteiger partial charge in [-0.1, -0.05) is 24.3 Å². The van der Waals surface area contributed by atoms with E-state index >= 15 is 0 Å². The van der Waals surface area contributed by atoms with Gasteiger partial charge in [0.1, 0.15) is 6.04 Å². The lowest BCUT2D eigenvalue weighted by Gasteiger charge is -2.16. The third-order valence-electron chi connectivity index (χ3n) is 2.55. The molecule has 0 aromatic heterocycles. The number of alkyl halides is 3. The van der Waals surface area contributed by atoms with E-state index in [9.17, 15) is 22.8 Å². The van der Waals surface area contributed by atoms with E-state index < -0.39 is 24.1 Å². The van der Waals surface area contributed by atoms with Crippen molar-refractivity contribution in [2.45, 2.75) is 25.6 Å². The van der Waals surface area contributed by atoms with E-state index in [1.54, 1.807) is 31.2 Å². The fraction of sp³-hybridized carbons (Fsp3) is 0.333. The Balaban J connectivity index is 2.83. The van der Waals surface area contributed by atoms with E-state index in [1.807, 2.05) is 0 Å². The number of benzene rings is 1. The first-order valence-corrected chi connectivity index (χ1v) is 5.37. The first-order valence-electron chi connectivity index (χ1n) is 5.37. The molecule has 0 unspecified atom stereocenters. The minimum absolute atomic E-state index is 0.205. The zero-order valence-corrected chi connectivity index (χ0v) is 9.99. The average Bonchev–Trinajstić information content (AvgIpc) is 2.29. The Kier molecular flexibility index (Phi) is 4.52. The predicted octanol–water partition coefficient (Wildman–Crippen LogP) is 1.67. The monoisotopic (exact) mass is 275 g/mol. The summed E-state index contributed by atoms with van der Waals surface area (Å²) in [6, 6.07) is 5.07. The second-order valence-corrected chi connectivity index (χ2v) is 3.99. The Morgan fingerprint density at radius 3 is 2.37 bits per heavy atom. The normalized spacial score (nSPS) is 12.8. The number of amides is 1. The van der Waals surface area contributed by atoms with Crippen LogP contribution in [-0.4, -0.2) is 29.2 Å². The number of aliphatic carboxylic acids is 1. The van der Waals surface area contributed by atoms with Gasteiger partial charge >= 0.3 is 18.1 Å². The first kappa shape index (κ1) is 15.0. The van der Waals surface area contributed by atoms with Crippen molar-refractivity contribution in [2.75, 3.05) is 0 Å². The minimum Gasteiger partial charge on any atom is -0.480 e. The van der Waals surface area contributed by atoms with E-state index in [0.717, 1.165) is 5.56 Å². The van der Waals surface area contributed by atoms with Crippen molar-refractivity contribution < 1.29 is 27.9 Å². The standard InChI is InChI=1S/C12H12F3NO3/c1-7-4-2-3-5-8(7)6-9(10(17)18)16-11(19)12(13,14)15/h2-5,9H,6H2,1H3,(H,16,19)(H,17,18)/t9-/m1/s1. The summed E-state index contributed by atoms with van der Waals surface area (Å²) < 4.78 is 36.3. The minimum atomic E-state index is -5.10. The number of carbonyl (C=O) groups is 2. The lowest BCUT2D eigenvalue weighted by molar-refractivity contribution is -0.175. The zero-order chi connectivity index (χ0) is 14.6. The summed E-state index contributed by atoms with van der Waals surface area (Å²) in [5.41, 5.74) is 1.31. The molecular weight excluding hydrogens is 263 g/mol. The van der Waals surface area contributed by atoms with Gasteiger partial charge in [-0.2, -0.15) is 13.2 Å². The first-order chi connectivity index (χ1) is 8.71. The molecule has 2 N–H and O–H groups in total. The van der Waals surface area contributed by atoms with Crippen molar-refractivity contribution in [1.82, 2.24) is 5.32 Å². The number of nitrogens with one attached hydrogen (secondary N) is 1. The van der Waals surface area contributed by atoms with Crippen LogP contribution in [0.2, 0.25) is 0 Å². The molecule has 0 fully saturated rings. The van der Waals surface area contributed by atoms with Crippen LogP contribution in [0.15, 0.2) is 24.3 Å². The SMILES string of the molecule is Cc1ccccc1C[C@@H](NC(=O)C(F)(F)F)C(=O)O. The number of halogens is 3. The zero-order valence-electron chi connectivity index (χ0n) is 9.99. The van der Waals surface area contributed by atoms with Crippen molar-refractivity contribution in [3.05, 3.63) is 35.4 Å². The highest BCUT2D eigenvalue weighted by Crippen LogP contribution is 2.16. The van der Waals surface area contributed by atoms with Crippen molar-refractivity contribution in [2.24, 2.45) is 0 Å². The van der Waals surface area contributed by atoms with Gasteiger partial charge in [0.15, 0.2) is 0 Å². The number of carboxylic acids is 1. The molecular formula is C12H12F3NO3. The molecule has 0 bridgehead atoms. The molecule has 1 aromatic rings. The highest BCUT2D eigenvalue weighted by Gasteiger charge is 2.40. The summed E-state index contributed by atoms with van der Waals surface area (Å²) in [7, 11) is 0. The van der Waals surface area contributed by atoms with Gasteiger partial charge in [-0.3, -0.25) is 4.79 Å². The van der Waals surface area contributed by atoms with Crippen molar-refractivity contribution in [1.29, 1.82) is 0 Å². The number of rotatable bonds is 4. The van der Waals surface area contributed by atoms with Gasteiger partial charge in [0.25, 0.3) is 0 Å². The predicted molar refractivity (Wildman–Crippen MR) is 60.5 cm³/mol. The summed E-state index contributed by atoms with van der Waals surface area (Å²) in [6.45, 7) is 1.71. The molecule has 1 atom stereocenters. The van der Waals surface area contributed by atoms with Gasteiger partial charge in [-0.25, -0.2) is 4.79 Å². The van der Waals surface area contributed by atoms with Gasteiger partial charge in [0.05, 0.1) is 0 Å². The largest absolute Gasteiger partial charge is 0.480 e. The van der Waals surface area contributed by atoms with E-state index in [2.05, 4.69) is 0 Å². The average molecular weight is 275 g/mol. The third kappa shape index (κ3) is 4.27. The summed E-state index contributed by atoms with van der Waals surface area (Å²) >= 11 is 0. The van der Waals surface area contributed by atoms with Crippen LogP contribution in [0.4, 0.5) is 13.2 Å². The fourth-order valence-electron chi connectivity index (χ4n) is 1.50. The molecule has 0 aliphatic rings. The molecule has 0 radical (unpaired) electrons. The maximum Gasteiger partial charge on any atom is 0.471 e. The molecule has 0 aliphatic heterocycles. The van der Waals surface area contributed by atoms with Crippen LogP contribution in [-0.2, 0) is 16.0 Å². The lowest BCUT2D eigenvalue weighted by Crippen LogP contribution is -2.47. The maximum absolute atomic E-state index is 12.1. The van der Waals surface area contributed by atoms with Crippen molar-refractivity contribution in [3.8, 4) is 0 Å². The summed E-state index contributed by atoms with van der Waals surface area (Å²) in [6.07, 6.45) is -5.30. The molecule has 0 spiro atoms. The molecule has 0 aliphatic carbocycles. The molecule has 0 heterocycles. The molecule has 1 rings (SSSR count). The van der Waals surface area contributed by atoms with Crippen LogP contribution in [0, 0.1) is 6.92 Å². The molecule has 0 saturated carbocycles. The molecule has 0 saturated heterocycles. The Labute approximate surface area is 107 Å². The van der Waals surface area contributed by atoms with Crippen LogP contribution in [0.1, 0.15) is 11.1 Å². The van der Waals surface area contributed by atoms with Gasteiger partial charge in [-0.15, -0.1) is 0 Å². The highest BCUT2D eigenvalue weighted by molar-refractivity contribution is 5.87. The van der Waals surface area contributed by atoms with Crippen LogP contribution in [0.3, 0.4) is 0 Å². The molecule has 19 heavy (non-hydrogen) atoms. The second-order valence-electron chi connectivity index (χ2n) is 3.99.